The Morgan fingerprint density at radius 2 is 1.88 bits per heavy atom. The van der Waals surface area contributed by atoms with Crippen LogP contribution in [0.2, 0.25) is 0 Å². The summed E-state index contributed by atoms with van der Waals surface area (Å²) in [6.45, 7) is 1.82. The number of hydrogen-bond donors (Lipinski definition) is 1. The van der Waals surface area contributed by atoms with E-state index < -0.39 is 10.0 Å². The van der Waals surface area contributed by atoms with Gasteiger partial charge in [-0.05, 0) is 48.7 Å². The first kappa shape index (κ1) is 18.0. The fraction of sp³-hybridized carbons (Fsp3) is 0.278. The average Bonchev–Trinajstić information content (AvgIpc) is 2.55. The fourth-order valence-corrected chi connectivity index (χ4v) is 3.65. The third kappa shape index (κ3) is 4.82. The molecule has 1 N–H and O–H groups in total. The molecule has 24 heavy (non-hydrogen) atoms. The van der Waals surface area contributed by atoms with Crippen LogP contribution in [0.1, 0.15) is 18.1 Å². The highest BCUT2D eigenvalue weighted by molar-refractivity contribution is 7.89. The highest BCUT2D eigenvalue weighted by atomic mass is 32.2. The third-order valence-electron chi connectivity index (χ3n) is 3.55. The molecule has 0 aliphatic heterocycles. The molecule has 0 amide bonds. The van der Waals surface area contributed by atoms with Crippen molar-refractivity contribution in [1.82, 2.24) is 4.72 Å². The summed E-state index contributed by atoms with van der Waals surface area (Å²) < 4.78 is 32.7. The summed E-state index contributed by atoms with van der Waals surface area (Å²) in [5.41, 5.74) is 1.79. The van der Waals surface area contributed by atoms with Gasteiger partial charge in [-0.2, -0.15) is 5.26 Å². The molecule has 0 saturated heterocycles. The Hall–Kier alpha value is -2.36. The van der Waals surface area contributed by atoms with Gasteiger partial charge in [0.05, 0.1) is 24.5 Å². The van der Waals surface area contributed by atoms with Gasteiger partial charge in [0, 0.05) is 6.04 Å². The second kappa shape index (κ2) is 7.95. The van der Waals surface area contributed by atoms with Crippen molar-refractivity contribution in [2.24, 2.45) is 0 Å². The van der Waals surface area contributed by atoms with Crippen LogP contribution in [-0.2, 0) is 22.9 Å². The minimum absolute atomic E-state index is 0.196. The largest absolute Gasteiger partial charge is 0.497 e. The molecule has 0 radical (unpaired) electrons. The molecule has 2 rings (SSSR count). The molecule has 1 atom stereocenters. The van der Waals surface area contributed by atoms with Gasteiger partial charge < -0.3 is 4.74 Å². The predicted octanol–water partition coefficient (Wildman–Crippen LogP) is 2.67. The summed E-state index contributed by atoms with van der Waals surface area (Å²) in [6, 6.07) is 15.7. The molecular formula is C18H20N2O3S. The maximum atomic E-state index is 12.4. The Bertz CT molecular complexity index is 824. The van der Waals surface area contributed by atoms with Gasteiger partial charge in [0.15, 0.2) is 0 Å². The summed E-state index contributed by atoms with van der Waals surface area (Å²) in [5.74, 6) is 0.746. The third-order valence-corrected chi connectivity index (χ3v) is 5.15. The number of ether oxygens (including phenoxy) is 1. The molecule has 0 bridgehead atoms. The molecule has 0 unspecified atom stereocenters. The van der Waals surface area contributed by atoms with Crippen LogP contribution < -0.4 is 9.46 Å². The van der Waals surface area contributed by atoms with Crippen molar-refractivity contribution in [3.8, 4) is 11.8 Å². The normalized spacial score (nSPS) is 12.4. The minimum Gasteiger partial charge on any atom is -0.497 e. The van der Waals surface area contributed by atoms with E-state index in [4.69, 9.17) is 10.00 Å². The van der Waals surface area contributed by atoms with Crippen molar-refractivity contribution in [2.75, 3.05) is 7.11 Å². The molecule has 2 aromatic carbocycles. The monoisotopic (exact) mass is 344 g/mol. The van der Waals surface area contributed by atoms with Crippen LogP contribution in [0.25, 0.3) is 0 Å². The quantitative estimate of drug-likeness (QED) is 0.837. The highest BCUT2D eigenvalue weighted by Crippen LogP contribution is 2.16. The van der Waals surface area contributed by atoms with Gasteiger partial charge in [0.25, 0.3) is 0 Å². The van der Waals surface area contributed by atoms with E-state index in [0.717, 1.165) is 16.9 Å². The van der Waals surface area contributed by atoms with Gasteiger partial charge >= 0.3 is 0 Å². The standard InChI is InChI=1S/C18H20N2O3S/c1-14(12-16-4-3-5-17(13-16)23-2)20-24(21,22)18-8-6-15(7-9-18)10-11-19/h3-9,13-14,20H,10,12H2,1-2H3/t14-/m0/s1. The lowest BCUT2D eigenvalue weighted by Gasteiger charge is -2.15. The van der Waals surface area contributed by atoms with Crippen LogP contribution in [0.3, 0.4) is 0 Å². The van der Waals surface area contributed by atoms with Crippen LogP contribution in [-0.4, -0.2) is 21.6 Å². The number of sulfonamides is 1. The summed E-state index contributed by atoms with van der Waals surface area (Å²) >= 11 is 0. The van der Waals surface area contributed by atoms with Crippen molar-refractivity contribution in [3.63, 3.8) is 0 Å². The second-order valence-corrected chi connectivity index (χ2v) is 7.27. The lowest BCUT2D eigenvalue weighted by molar-refractivity contribution is 0.414. The summed E-state index contributed by atoms with van der Waals surface area (Å²) in [7, 11) is -1.99. The molecule has 0 saturated carbocycles. The Morgan fingerprint density at radius 3 is 2.50 bits per heavy atom. The van der Waals surface area contributed by atoms with Gasteiger partial charge in [-0.15, -0.1) is 0 Å². The van der Waals surface area contributed by atoms with E-state index in [0.29, 0.717) is 6.42 Å². The number of benzene rings is 2. The van der Waals surface area contributed by atoms with E-state index in [-0.39, 0.29) is 17.4 Å². The Kier molecular flexibility index (Phi) is 5.96. The van der Waals surface area contributed by atoms with Crippen LogP contribution in [0.15, 0.2) is 53.4 Å². The number of nitrogens with zero attached hydrogens (tertiary/aromatic N) is 1. The minimum atomic E-state index is -3.59. The zero-order chi connectivity index (χ0) is 17.6. The lowest BCUT2D eigenvalue weighted by atomic mass is 10.1. The van der Waals surface area contributed by atoms with E-state index >= 15 is 0 Å². The fourth-order valence-electron chi connectivity index (χ4n) is 2.41. The van der Waals surface area contributed by atoms with Gasteiger partial charge in [-0.1, -0.05) is 24.3 Å². The lowest BCUT2D eigenvalue weighted by Crippen LogP contribution is -2.34. The van der Waals surface area contributed by atoms with Gasteiger partial charge in [0.2, 0.25) is 10.0 Å². The van der Waals surface area contributed by atoms with Gasteiger partial charge in [-0.3, -0.25) is 0 Å². The Labute approximate surface area is 142 Å². The van der Waals surface area contributed by atoms with Crippen molar-refractivity contribution in [3.05, 3.63) is 59.7 Å². The van der Waals surface area contributed by atoms with E-state index in [2.05, 4.69) is 4.72 Å². The molecule has 126 valence electrons. The topological polar surface area (TPSA) is 79.2 Å². The molecule has 6 heteroatoms. The number of nitrogens with one attached hydrogen (secondary N) is 1. The molecule has 0 spiro atoms. The molecule has 0 fully saturated rings. The number of hydrogen-bond acceptors (Lipinski definition) is 4. The molecule has 5 nitrogen and oxygen atoms in total. The van der Waals surface area contributed by atoms with Crippen LogP contribution in [0.5, 0.6) is 5.75 Å². The maximum Gasteiger partial charge on any atom is 0.240 e. The summed E-state index contributed by atoms with van der Waals surface area (Å²) in [6.07, 6.45) is 0.822. The average molecular weight is 344 g/mol. The molecule has 0 aliphatic carbocycles. The van der Waals surface area contributed by atoms with Gasteiger partial charge in [0.1, 0.15) is 5.75 Å². The van der Waals surface area contributed by atoms with Crippen molar-refractivity contribution in [1.29, 1.82) is 5.26 Å². The van der Waals surface area contributed by atoms with Crippen LogP contribution in [0, 0.1) is 11.3 Å². The van der Waals surface area contributed by atoms with E-state index in [1.807, 2.05) is 37.3 Å². The first-order valence-corrected chi connectivity index (χ1v) is 9.04. The van der Waals surface area contributed by atoms with E-state index in [1.165, 1.54) is 12.1 Å². The summed E-state index contributed by atoms with van der Waals surface area (Å²) in [5, 5.41) is 8.66. The van der Waals surface area contributed by atoms with Crippen molar-refractivity contribution in [2.45, 2.75) is 30.7 Å². The first-order valence-electron chi connectivity index (χ1n) is 7.56. The molecular weight excluding hydrogens is 324 g/mol. The van der Waals surface area contributed by atoms with Crippen LogP contribution >= 0.6 is 0 Å². The molecule has 0 aromatic heterocycles. The first-order chi connectivity index (χ1) is 11.4. The van der Waals surface area contributed by atoms with E-state index in [1.54, 1.807) is 19.2 Å². The number of rotatable bonds is 7. The van der Waals surface area contributed by atoms with E-state index in [9.17, 15) is 8.42 Å². The smallest absolute Gasteiger partial charge is 0.240 e. The zero-order valence-corrected chi connectivity index (χ0v) is 14.5. The zero-order valence-electron chi connectivity index (χ0n) is 13.7. The SMILES string of the molecule is COc1cccc(C[C@H](C)NS(=O)(=O)c2ccc(CC#N)cc2)c1. The Balaban J connectivity index is 2.06. The predicted molar refractivity (Wildman–Crippen MR) is 92.2 cm³/mol. The molecule has 0 heterocycles. The van der Waals surface area contributed by atoms with Crippen molar-refractivity contribution >= 4 is 10.0 Å². The number of nitriles is 1. The van der Waals surface area contributed by atoms with Crippen molar-refractivity contribution < 1.29 is 13.2 Å². The number of methoxy groups -OCH3 is 1. The maximum absolute atomic E-state index is 12.4. The summed E-state index contributed by atoms with van der Waals surface area (Å²) in [4.78, 5) is 0.196. The highest BCUT2D eigenvalue weighted by Gasteiger charge is 2.17. The Morgan fingerprint density at radius 1 is 1.17 bits per heavy atom. The van der Waals surface area contributed by atoms with Gasteiger partial charge in [-0.25, -0.2) is 13.1 Å². The molecule has 2 aromatic rings. The second-order valence-electron chi connectivity index (χ2n) is 5.56. The molecule has 0 aliphatic rings. The van der Waals surface area contributed by atoms with Crippen LogP contribution in [0.4, 0.5) is 0 Å².